The Hall–Kier alpha value is -0.820. The highest BCUT2D eigenvalue weighted by Gasteiger charge is 2.29. The quantitative estimate of drug-likeness (QED) is 0.922. The fourth-order valence-corrected chi connectivity index (χ4v) is 5.17. The highest BCUT2D eigenvalue weighted by atomic mass is 32.2. The minimum absolute atomic E-state index is 0.132. The molecule has 0 atom stereocenters. The van der Waals surface area contributed by atoms with Gasteiger partial charge in [-0.15, -0.1) is 0 Å². The van der Waals surface area contributed by atoms with Crippen molar-refractivity contribution in [2.24, 2.45) is 5.92 Å². The van der Waals surface area contributed by atoms with E-state index in [1.54, 1.807) is 0 Å². The van der Waals surface area contributed by atoms with Crippen LogP contribution >= 0.6 is 11.5 Å². The minimum atomic E-state index is -3.31. The van der Waals surface area contributed by atoms with Gasteiger partial charge >= 0.3 is 0 Å². The van der Waals surface area contributed by atoms with Crippen LogP contribution < -0.4 is 10.6 Å². The predicted octanol–water partition coefficient (Wildman–Crippen LogP) is 2.15. The predicted molar refractivity (Wildman–Crippen MR) is 79.5 cm³/mol. The van der Waals surface area contributed by atoms with Gasteiger partial charge in [-0.25, -0.2) is 8.42 Å². The molecule has 0 radical (unpaired) electrons. The van der Waals surface area contributed by atoms with Gasteiger partial charge in [0.05, 0.1) is 5.75 Å². The molecule has 0 aliphatic carbocycles. The van der Waals surface area contributed by atoms with Crippen molar-refractivity contribution in [3.05, 3.63) is 0 Å². The number of rotatable bonds is 4. The topological polar surface area (TPSA) is 76.3 Å². The molecule has 0 saturated carbocycles. The van der Waals surface area contributed by atoms with Crippen LogP contribution in [0, 0.1) is 5.92 Å². The van der Waals surface area contributed by atoms with Crippen molar-refractivity contribution < 1.29 is 8.42 Å². The third-order valence-electron chi connectivity index (χ3n) is 3.51. The highest BCUT2D eigenvalue weighted by molar-refractivity contribution is 7.91. The first-order chi connectivity index (χ1) is 8.95. The van der Waals surface area contributed by atoms with Crippen molar-refractivity contribution in [1.29, 1.82) is 0 Å². The molecule has 1 aliphatic rings. The van der Waals surface area contributed by atoms with Crippen molar-refractivity contribution in [3.63, 3.8) is 0 Å². The van der Waals surface area contributed by atoms with E-state index < -0.39 is 9.84 Å². The second-order valence-corrected chi connectivity index (χ2v) is 7.99. The molecule has 5 nitrogen and oxygen atoms in total. The van der Waals surface area contributed by atoms with Crippen LogP contribution in [0.5, 0.6) is 0 Å². The molecule has 0 spiro atoms. The largest absolute Gasteiger partial charge is 0.382 e. The molecule has 2 N–H and O–H groups in total. The Kier molecular flexibility index (Phi) is 4.35. The zero-order valence-electron chi connectivity index (χ0n) is 11.4. The van der Waals surface area contributed by atoms with Crippen LogP contribution in [0.15, 0.2) is 4.90 Å². The van der Waals surface area contributed by atoms with E-state index in [1.165, 1.54) is 11.5 Å². The summed E-state index contributed by atoms with van der Waals surface area (Å²) in [5.74, 6) is 0.997. The van der Waals surface area contributed by atoms with Crippen molar-refractivity contribution in [1.82, 2.24) is 4.37 Å². The maximum Gasteiger partial charge on any atom is 0.185 e. The van der Waals surface area contributed by atoms with Crippen LogP contribution in [0.2, 0.25) is 0 Å². The number of nitrogens with zero attached hydrogens (tertiary/aromatic N) is 2. The number of piperidine rings is 1. The van der Waals surface area contributed by atoms with Gasteiger partial charge in [0, 0.05) is 13.1 Å². The molecule has 1 fully saturated rings. The third-order valence-corrected chi connectivity index (χ3v) is 6.53. The average molecular weight is 303 g/mol. The second-order valence-electron chi connectivity index (χ2n) is 5.19. The van der Waals surface area contributed by atoms with Crippen molar-refractivity contribution in [2.75, 3.05) is 29.5 Å². The number of sulfone groups is 1. The molecule has 1 aromatic heterocycles. The Labute approximate surface area is 118 Å². The molecular weight excluding hydrogens is 282 g/mol. The van der Waals surface area contributed by atoms with Crippen LogP contribution in [0.25, 0.3) is 0 Å². The SMILES string of the molecule is CCCS(=O)(=O)c1c(N)nsc1N1CCC(C)CC1. The lowest BCUT2D eigenvalue weighted by Crippen LogP contribution is -2.33. The standard InChI is InChI=1S/C12H21N3O2S2/c1-3-8-19(16,17)10-11(13)14-18-12(10)15-6-4-9(2)5-7-15/h9H,3-8H2,1-2H3,(H2,13,14). The number of aromatic nitrogens is 1. The molecule has 0 aromatic carbocycles. The summed E-state index contributed by atoms with van der Waals surface area (Å²) in [6, 6.07) is 0. The Balaban J connectivity index is 2.33. The van der Waals surface area contributed by atoms with Gasteiger partial charge in [0.1, 0.15) is 9.90 Å². The van der Waals surface area contributed by atoms with Gasteiger partial charge in [0.15, 0.2) is 15.7 Å². The van der Waals surface area contributed by atoms with Gasteiger partial charge in [0.2, 0.25) is 0 Å². The molecule has 108 valence electrons. The van der Waals surface area contributed by atoms with Gasteiger partial charge in [0.25, 0.3) is 0 Å². The summed E-state index contributed by atoms with van der Waals surface area (Å²) in [5.41, 5.74) is 5.79. The van der Waals surface area contributed by atoms with Crippen molar-refractivity contribution in [3.8, 4) is 0 Å². The molecule has 19 heavy (non-hydrogen) atoms. The smallest absolute Gasteiger partial charge is 0.185 e. The number of nitrogens with two attached hydrogens (primary N) is 1. The summed E-state index contributed by atoms with van der Waals surface area (Å²) < 4.78 is 28.7. The van der Waals surface area contributed by atoms with E-state index in [1.807, 2.05) is 6.92 Å². The summed E-state index contributed by atoms with van der Waals surface area (Å²) in [4.78, 5) is 2.38. The number of hydrogen-bond acceptors (Lipinski definition) is 6. The minimum Gasteiger partial charge on any atom is -0.382 e. The number of nitrogen functional groups attached to an aromatic ring is 1. The molecule has 2 heterocycles. The monoisotopic (exact) mass is 303 g/mol. The second kappa shape index (κ2) is 5.66. The Bertz CT molecular complexity index is 531. The molecule has 2 rings (SSSR count). The van der Waals surface area contributed by atoms with Crippen LogP contribution in [-0.4, -0.2) is 31.6 Å². The molecule has 0 bridgehead atoms. The van der Waals surface area contributed by atoms with E-state index in [0.717, 1.165) is 30.9 Å². The number of anilines is 2. The average Bonchev–Trinajstić information content (AvgIpc) is 2.73. The Morgan fingerprint density at radius 2 is 2.05 bits per heavy atom. The van der Waals surface area contributed by atoms with Gasteiger partial charge < -0.3 is 10.6 Å². The molecule has 0 amide bonds. The fraction of sp³-hybridized carbons (Fsp3) is 0.750. The lowest BCUT2D eigenvalue weighted by molar-refractivity contribution is 0.438. The van der Waals surface area contributed by atoms with Crippen LogP contribution in [0.1, 0.15) is 33.1 Å². The van der Waals surface area contributed by atoms with E-state index in [9.17, 15) is 8.42 Å². The first-order valence-corrected chi connectivity index (χ1v) is 9.11. The third kappa shape index (κ3) is 3.02. The fourth-order valence-electron chi connectivity index (χ4n) is 2.36. The summed E-state index contributed by atoms with van der Waals surface area (Å²) in [7, 11) is -3.31. The highest BCUT2D eigenvalue weighted by Crippen LogP contribution is 2.37. The van der Waals surface area contributed by atoms with Gasteiger partial charge in [-0.05, 0) is 36.7 Å². The lowest BCUT2D eigenvalue weighted by Gasteiger charge is -2.31. The zero-order chi connectivity index (χ0) is 14.0. The normalized spacial score (nSPS) is 17.9. The molecule has 1 saturated heterocycles. The van der Waals surface area contributed by atoms with E-state index in [0.29, 0.717) is 12.3 Å². The summed E-state index contributed by atoms with van der Waals surface area (Å²) in [6.45, 7) is 5.86. The molecule has 1 aromatic rings. The number of hydrogen-bond donors (Lipinski definition) is 1. The molecule has 7 heteroatoms. The van der Waals surface area contributed by atoms with Crippen LogP contribution in [0.4, 0.5) is 10.8 Å². The Morgan fingerprint density at radius 1 is 1.42 bits per heavy atom. The van der Waals surface area contributed by atoms with Crippen molar-refractivity contribution >= 4 is 32.2 Å². The first kappa shape index (κ1) is 14.6. The maximum absolute atomic E-state index is 12.3. The van der Waals surface area contributed by atoms with E-state index >= 15 is 0 Å². The summed E-state index contributed by atoms with van der Waals surface area (Å²) >= 11 is 1.21. The van der Waals surface area contributed by atoms with Crippen molar-refractivity contribution in [2.45, 2.75) is 38.0 Å². The first-order valence-electron chi connectivity index (χ1n) is 6.68. The maximum atomic E-state index is 12.3. The van der Waals surface area contributed by atoms with Gasteiger partial charge in [-0.2, -0.15) is 4.37 Å². The molecular formula is C12H21N3O2S2. The van der Waals surface area contributed by atoms with E-state index in [-0.39, 0.29) is 16.5 Å². The lowest BCUT2D eigenvalue weighted by atomic mass is 10.00. The van der Waals surface area contributed by atoms with Crippen LogP contribution in [0.3, 0.4) is 0 Å². The Morgan fingerprint density at radius 3 is 2.63 bits per heavy atom. The summed E-state index contributed by atoms with van der Waals surface area (Å²) in [5, 5.41) is 0.734. The zero-order valence-corrected chi connectivity index (χ0v) is 13.1. The summed E-state index contributed by atoms with van der Waals surface area (Å²) in [6.07, 6.45) is 2.77. The van der Waals surface area contributed by atoms with Gasteiger partial charge in [-0.3, -0.25) is 0 Å². The molecule has 0 unspecified atom stereocenters. The van der Waals surface area contributed by atoms with E-state index in [4.69, 9.17) is 5.73 Å². The van der Waals surface area contributed by atoms with Gasteiger partial charge in [-0.1, -0.05) is 13.8 Å². The van der Waals surface area contributed by atoms with E-state index in [2.05, 4.69) is 16.2 Å². The molecule has 1 aliphatic heterocycles. The van der Waals surface area contributed by atoms with Crippen LogP contribution in [-0.2, 0) is 9.84 Å².